The zero-order chi connectivity index (χ0) is 13.3. The highest BCUT2D eigenvalue weighted by molar-refractivity contribution is 7.89. The molecule has 6 heteroatoms. The van der Waals surface area contributed by atoms with Crippen molar-refractivity contribution in [2.75, 3.05) is 5.75 Å². The normalized spacial score (nSPS) is 19.8. The predicted molar refractivity (Wildman–Crippen MR) is 69.7 cm³/mol. The SMILES string of the molecule is Cc1cc2c(n1CCCS(N)(=O)=O)CCCC2O. The van der Waals surface area contributed by atoms with Crippen LogP contribution in [-0.2, 0) is 23.0 Å². The largest absolute Gasteiger partial charge is 0.388 e. The Morgan fingerprint density at radius 2 is 2.28 bits per heavy atom. The van der Waals surface area contributed by atoms with Crippen molar-refractivity contribution in [2.45, 2.75) is 45.3 Å². The number of aryl methyl sites for hydroxylation is 1. The monoisotopic (exact) mass is 272 g/mol. The molecule has 0 aromatic carbocycles. The van der Waals surface area contributed by atoms with Crippen molar-refractivity contribution in [2.24, 2.45) is 5.14 Å². The van der Waals surface area contributed by atoms with Gasteiger partial charge in [-0.3, -0.25) is 0 Å². The molecule has 1 aromatic rings. The smallest absolute Gasteiger partial charge is 0.209 e. The van der Waals surface area contributed by atoms with Crippen molar-refractivity contribution in [3.05, 3.63) is 23.0 Å². The number of aliphatic hydroxyl groups is 1. The Kier molecular flexibility index (Phi) is 3.79. The number of sulfonamides is 1. The van der Waals surface area contributed by atoms with Gasteiger partial charge in [0.25, 0.3) is 0 Å². The molecule has 0 saturated carbocycles. The average Bonchev–Trinajstić information content (AvgIpc) is 2.56. The van der Waals surface area contributed by atoms with Gasteiger partial charge in [0, 0.05) is 23.5 Å². The van der Waals surface area contributed by atoms with E-state index < -0.39 is 10.0 Å². The standard InChI is InChI=1S/C12H20N2O3S/c1-9-8-10-11(4-2-5-12(10)15)14(9)6-3-7-18(13,16)17/h8,12,15H,2-7H2,1H3,(H2,13,16,17). The molecule has 0 fully saturated rings. The van der Waals surface area contributed by atoms with Gasteiger partial charge in [0.05, 0.1) is 11.9 Å². The predicted octanol–water partition coefficient (Wildman–Crippen LogP) is 0.845. The van der Waals surface area contributed by atoms with Crippen LogP contribution < -0.4 is 5.14 Å². The van der Waals surface area contributed by atoms with Gasteiger partial charge in [0.15, 0.2) is 0 Å². The number of hydrogen-bond acceptors (Lipinski definition) is 3. The number of aromatic nitrogens is 1. The molecule has 2 rings (SSSR count). The van der Waals surface area contributed by atoms with Gasteiger partial charge in [-0.15, -0.1) is 0 Å². The van der Waals surface area contributed by atoms with E-state index in [1.807, 2.05) is 13.0 Å². The highest BCUT2D eigenvalue weighted by Crippen LogP contribution is 2.32. The minimum absolute atomic E-state index is 0.00193. The zero-order valence-corrected chi connectivity index (χ0v) is 11.4. The first-order chi connectivity index (χ1) is 8.38. The van der Waals surface area contributed by atoms with Crippen molar-refractivity contribution in [1.82, 2.24) is 4.57 Å². The highest BCUT2D eigenvalue weighted by Gasteiger charge is 2.22. The quantitative estimate of drug-likeness (QED) is 0.852. The maximum atomic E-state index is 10.9. The third-order valence-electron chi connectivity index (χ3n) is 3.51. The molecule has 1 aromatic heterocycles. The van der Waals surface area contributed by atoms with Gasteiger partial charge in [-0.2, -0.15) is 0 Å². The van der Waals surface area contributed by atoms with Gasteiger partial charge < -0.3 is 9.67 Å². The minimum Gasteiger partial charge on any atom is -0.388 e. The summed E-state index contributed by atoms with van der Waals surface area (Å²) in [5, 5.41) is 14.9. The lowest BCUT2D eigenvalue weighted by atomic mass is 9.95. The van der Waals surface area contributed by atoms with Crippen LogP contribution in [0.2, 0.25) is 0 Å². The number of nitrogens with two attached hydrogens (primary N) is 1. The number of fused-ring (bicyclic) bond motifs is 1. The summed E-state index contributed by atoms with van der Waals surface area (Å²) in [6.45, 7) is 2.63. The molecule has 0 amide bonds. The van der Waals surface area contributed by atoms with Crippen molar-refractivity contribution in [1.29, 1.82) is 0 Å². The van der Waals surface area contributed by atoms with Crippen LogP contribution in [-0.4, -0.2) is 23.8 Å². The van der Waals surface area contributed by atoms with Crippen LogP contribution in [0.3, 0.4) is 0 Å². The van der Waals surface area contributed by atoms with Gasteiger partial charge in [-0.1, -0.05) is 0 Å². The minimum atomic E-state index is -3.38. The summed E-state index contributed by atoms with van der Waals surface area (Å²) in [5.41, 5.74) is 3.24. The lowest BCUT2D eigenvalue weighted by Crippen LogP contribution is -2.19. The molecule has 1 heterocycles. The summed E-state index contributed by atoms with van der Waals surface area (Å²) in [6, 6.07) is 2.01. The van der Waals surface area contributed by atoms with Crippen LogP contribution in [0.4, 0.5) is 0 Å². The van der Waals surface area contributed by atoms with E-state index >= 15 is 0 Å². The van der Waals surface area contributed by atoms with Gasteiger partial charge in [-0.25, -0.2) is 13.6 Å². The molecule has 0 aliphatic heterocycles. The van der Waals surface area contributed by atoms with Gasteiger partial charge in [-0.05, 0) is 38.7 Å². The molecule has 0 saturated heterocycles. The van der Waals surface area contributed by atoms with E-state index in [9.17, 15) is 13.5 Å². The molecule has 18 heavy (non-hydrogen) atoms. The number of rotatable bonds is 4. The van der Waals surface area contributed by atoms with Crippen molar-refractivity contribution >= 4 is 10.0 Å². The third-order valence-corrected chi connectivity index (χ3v) is 4.37. The molecule has 1 unspecified atom stereocenters. The van der Waals surface area contributed by atoms with E-state index in [-0.39, 0.29) is 11.9 Å². The van der Waals surface area contributed by atoms with Crippen molar-refractivity contribution in [3.8, 4) is 0 Å². The summed E-state index contributed by atoms with van der Waals surface area (Å²) >= 11 is 0. The van der Waals surface area contributed by atoms with Crippen LogP contribution in [0.25, 0.3) is 0 Å². The van der Waals surface area contributed by atoms with E-state index in [0.29, 0.717) is 13.0 Å². The zero-order valence-electron chi connectivity index (χ0n) is 10.6. The maximum absolute atomic E-state index is 10.9. The highest BCUT2D eigenvalue weighted by atomic mass is 32.2. The first-order valence-electron chi connectivity index (χ1n) is 6.26. The molecular formula is C12H20N2O3S. The second-order valence-corrected chi connectivity index (χ2v) is 6.70. The molecule has 3 N–H and O–H groups in total. The maximum Gasteiger partial charge on any atom is 0.209 e. The lowest BCUT2D eigenvalue weighted by Gasteiger charge is -2.20. The molecule has 0 spiro atoms. The molecule has 0 radical (unpaired) electrons. The van der Waals surface area contributed by atoms with Crippen LogP contribution in [0.15, 0.2) is 6.07 Å². The topological polar surface area (TPSA) is 85.3 Å². The van der Waals surface area contributed by atoms with E-state index in [4.69, 9.17) is 5.14 Å². The number of nitrogens with zero attached hydrogens (tertiary/aromatic N) is 1. The first kappa shape index (κ1) is 13.6. The van der Waals surface area contributed by atoms with E-state index in [0.717, 1.165) is 36.2 Å². The third kappa shape index (κ3) is 2.93. The molecule has 5 nitrogen and oxygen atoms in total. The van der Waals surface area contributed by atoms with Gasteiger partial charge in [0.2, 0.25) is 10.0 Å². The molecule has 102 valence electrons. The van der Waals surface area contributed by atoms with E-state index in [1.165, 1.54) is 0 Å². The average molecular weight is 272 g/mol. The Morgan fingerprint density at radius 1 is 1.56 bits per heavy atom. The molecule has 1 aliphatic carbocycles. The first-order valence-corrected chi connectivity index (χ1v) is 7.97. The van der Waals surface area contributed by atoms with Crippen LogP contribution in [0.1, 0.15) is 42.3 Å². The van der Waals surface area contributed by atoms with Crippen LogP contribution in [0, 0.1) is 6.92 Å². The fourth-order valence-corrected chi connectivity index (χ4v) is 3.21. The molecular weight excluding hydrogens is 252 g/mol. The Bertz CT molecular complexity index is 534. The number of aliphatic hydroxyl groups excluding tert-OH is 1. The van der Waals surface area contributed by atoms with Crippen LogP contribution >= 0.6 is 0 Å². The molecule has 1 atom stereocenters. The second-order valence-electron chi connectivity index (χ2n) is 4.97. The van der Waals surface area contributed by atoms with Crippen LogP contribution in [0.5, 0.6) is 0 Å². The van der Waals surface area contributed by atoms with Crippen molar-refractivity contribution < 1.29 is 13.5 Å². The number of primary sulfonamides is 1. The summed E-state index contributed by atoms with van der Waals surface area (Å²) in [5.74, 6) is 0.00193. The Hall–Kier alpha value is -0.850. The Balaban J connectivity index is 2.14. The summed E-state index contributed by atoms with van der Waals surface area (Å²) < 4.78 is 23.9. The van der Waals surface area contributed by atoms with E-state index in [1.54, 1.807) is 0 Å². The Morgan fingerprint density at radius 3 is 2.94 bits per heavy atom. The van der Waals surface area contributed by atoms with E-state index in [2.05, 4.69) is 4.57 Å². The van der Waals surface area contributed by atoms with Gasteiger partial charge >= 0.3 is 0 Å². The fraction of sp³-hybridized carbons (Fsp3) is 0.667. The summed E-state index contributed by atoms with van der Waals surface area (Å²) in [6.07, 6.45) is 2.89. The summed E-state index contributed by atoms with van der Waals surface area (Å²) in [7, 11) is -3.38. The lowest BCUT2D eigenvalue weighted by molar-refractivity contribution is 0.155. The molecule has 0 bridgehead atoms. The molecule has 1 aliphatic rings. The Labute approximate surface area is 108 Å². The van der Waals surface area contributed by atoms with Crippen molar-refractivity contribution in [3.63, 3.8) is 0 Å². The van der Waals surface area contributed by atoms with Gasteiger partial charge in [0.1, 0.15) is 0 Å². The number of hydrogen-bond donors (Lipinski definition) is 2. The summed E-state index contributed by atoms with van der Waals surface area (Å²) in [4.78, 5) is 0. The fourth-order valence-electron chi connectivity index (χ4n) is 2.68. The second kappa shape index (κ2) is 5.03.